The number of rotatable bonds is 5. The first-order valence-corrected chi connectivity index (χ1v) is 15.4. The molecule has 0 N–H and O–H groups in total. The molecular weight excluding hydrogens is 644 g/mol. The van der Waals surface area contributed by atoms with Crippen molar-refractivity contribution >= 4 is 57.7 Å². The van der Waals surface area contributed by atoms with Crippen LogP contribution in [0.15, 0.2) is 30.3 Å². The van der Waals surface area contributed by atoms with Crippen molar-refractivity contribution in [1.29, 1.82) is 0 Å². The third-order valence-corrected chi connectivity index (χ3v) is 10.2. The number of amides is 1. The molecule has 0 spiro atoms. The number of unbranched alkanes of at least 4 members (excludes halogenated alkanes) is 1. The van der Waals surface area contributed by atoms with E-state index in [0.29, 0.717) is 41.5 Å². The zero-order valence-corrected chi connectivity index (χ0v) is 27.0. The van der Waals surface area contributed by atoms with Crippen molar-refractivity contribution in [3.8, 4) is 11.8 Å². The molecule has 7 heteroatoms. The van der Waals surface area contributed by atoms with Crippen LogP contribution in [-0.4, -0.2) is 37.0 Å². The zero-order valence-electron chi connectivity index (χ0n) is 23.3. The minimum absolute atomic E-state index is 0.0617. The van der Waals surface area contributed by atoms with Gasteiger partial charge in [0.25, 0.3) is 5.91 Å². The van der Waals surface area contributed by atoms with Crippen LogP contribution in [0.3, 0.4) is 0 Å². The lowest BCUT2D eigenvalue weighted by Crippen LogP contribution is -2.54. The molecule has 1 aliphatic heterocycles. The third kappa shape index (κ3) is 5.72. The van der Waals surface area contributed by atoms with Crippen molar-refractivity contribution in [1.82, 2.24) is 4.90 Å². The maximum Gasteiger partial charge on any atom is 0.311 e. The van der Waals surface area contributed by atoms with E-state index in [2.05, 4.69) is 41.4 Å². The first-order valence-electron chi connectivity index (χ1n) is 13.6. The monoisotopic (exact) mass is 679 g/mol. The lowest BCUT2D eigenvalue weighted by Gasteiger charge is -2.51. The van der Waals surface area contributed by atoms with Crippen molar-refractivity contribution in [3.63, 3.8) is 0 Å². The molecule has 0 radical (unpaired) electrons. The number of esters is 1. The van der Waals surface area contributed by atoms with Gasteiger partial charge in [-0.3, -0.25) is 9.59 Å². The van der Waals surface area contributed by atoms with E-state index in [4.69, 9.17) is 27.9 Å². The van der Waals surface area contributed by atoms with E-state index in [1.54, 1.807) is 0 Å². The van der Waals surface area contributed by atoms with Gasteiger partial charge in [0.15, 0.2) is 0 Å². The van der Waals surface area contributed by atoms with Crippen molar-refractivity contribution in [2.45, 2.75) is 71.1 Å². The van der Waals surface area contributed by atoms with Gasteiger partial charge in [0.1, 0.15) is 0 Å². The number of ether oxygens (including phenoxy) is 1. The molecular formula is C32H36Cl2INO3. The highest BCUT2D eigenvalue weighted by Gasteiger charge is 2.57. The van der Waals surface area contributed by atoms with Crippen LogP contribution in [-0.2, 0) is 14.9 Å². The van der Waals surface area contributed by atoms with Gasteiger partial charge in [-0.05, 0) is 102 Å². The molecule has 2 aromatic carbocycles. The summed E-state index contributed by atoms with van der Waals surface area (Å²) in [6.07, 6.45) is 3.78. The number of hydrogen-bond acceptors (Lipinski definition) is 3. The summed E-state index contributed by atoms with van der Waals surface area (Å²) in [6.45, 7) is 9.20. The molecule has 0 saturated heterocycles. The van der Waals surface area contributed by atoms with E-state index in [0.717, 1.165) is 36.0 Å². The molecule has 0 bridgehead atoms. The second-order valence-electron chi connectivity index (χ2n) is 11.6. The third-order valence-electron chi connectivity index (χ3n) is 8.74. The van der Waals surface area contributed by atoms with Crippen molar-refractivity contribution in [3.05, 3.63) is 66.2 Å². The molecule has 1 aliphatic carbocycles. The molecule has 39 heavy (non-hydrogen) atoms. The molecule has 2 aliphatic rings. The summed E-state index contributed by atoms with van der Waals surface area (Å²) in [5, 5.41) is 1.01. The standard InChI is InChI=1S/C32H36Cl2INO3/c1-20(2)26-24(33)18-23-27(28(26)34)29(37)36(17-8-6-7-10-21-11-13-22(35)14-12-21)19-25-31(23,3)15-9-16-32(25,4)30(38)39-5/h11-14,18,20,25H,6,8-9,15-17,19H2,1-5H3/t25-,31-,32-/m1/s1. The molecule has 208 valence electrons. The van der Waals surface area contributed by atoms with Gasteiger partial charge < -0.3 is 9.64 Å². The zero-order chi connectivity index (χ0) is 28.5. The summed E-state index contributed by atoms with van der Waals surface area (Å²) in [5.74, 6) is 6.06. The molecule has 3 atom stereocenters. The van der Waals surface area contributed by atoms with Gasteiger partial charge in [-0.1, -0.05) is 62.2 Å². The van der Waals surface area contributed by atoms with Gasteiger partial charge >= 0.3 is 5.97 Å². The fourth-order valence-corrected chi connectivity index (χ4v) is 7.94. The molecule has 2 aromatic rings. The van der Waals surface area contributed by atoms with E-state index in [1.807, 2.05) is 56.0 Å². The molecule has 4 nitrogen and oxygen atoms in total. The van der Waals surface area contributed by atoms with Crippen LogP contribution < -0.4 is 0 Å². The van der Waals surface area contributed by atoms with Crippen LogP contribution in [0.4, 0.5) is 0 Å². The topological polar surface area (TPSA) is 46.6 Å². The van der Waals surface area contributed by atoms with Gasteiger partial charge in [-0.2, -0.15) is 0 Å². The molecule has 1 amide bonds. The summed E-state index contributed by atoms with van der Waals surface area (Å²) in [5.41, 5.74) is 1.96. The Labute approximate surface area is 256 Å². The second-order valence-corrected chi connectivity index (χ2v) is 13.6. The fraction of sp³-hybridized carbons (Fsp3) is 0.500. The summed E-state index contributed by atoms with van der Waals surface area (Å²) < 4.78 is 6.50. The number of fused-ring (bicyclic) bond motifs is 3. The van der Waals surface area contributed by atoms with Gasteiger partial charge in [0.2, 0.25) is 0 Å². The number of carbonyl (C=O) groups is 2. The molecule has 4 rings (SSSR count). The maximum atomic E-state index is 14.2. The predicted molar refractivity (Wildman–Crippen MR) is 167 cm³/mol. The van der Waals surface area contributed by atoms with Crippen LogP contribution in [0.5, 0.6) is 0 Å². The lowest BCUT2D eigenvalue weighted by molar-refractivity contribution is -0.161. The number of methoxy groups -OCH3 is 1. The SMILES string of the molecule is COC(=O)[C@]1(C)CCC[C@]2(C)c3cc(Cl)c(C(C)C)c(Cl)c3C(=O)N(CCCC#Cc3ccc(I)cc3)C[C@@H]12. The Kier molecular flexibility index (Phi) is 9.30. The predicted octanol–water partition coefficient (Wildman–Crippen LogP) is 8.25. The van der Waals surface area contributed by atoms with E-state index in [9.17, 15) is 9.59 Å². The second kappa shape index (κ2) is 12.0. The Morgan fingerprint density at radius 2 is 1.90 bits per heavy atom. The average Bonchev–Trinajstić information content (AvgIpc) is 2.98. The number of hydrogen-bond donors (Lipinski definition) is 0. The summed E-state index contributed by atoms with van der Waals surface area (Å²) in [6, 6.07) is 10.1. The summed E-state index contributed by atoms with van der Waals surface area (Å²) in [7, 11) is 1.45. The van der Waals surface area contributed by atoms with Gasteiger partial charge in [-0.15, -0.1) is 0 Å². The fourth-order valence-electron chi connectivity index (χ4n) is 6.61. The Hall–Kier alpha value is -1.75. The average molecular weight is 680 g/mol. The van der Waals surface area contributed by atoms with Crippen LogP contribution in [0.25, 0.3) is 0 Å². The smallest absolute Gasteiger partial charge is 0.311 e. The van der Waals surface area contributed by atoms with Gasteiger partial charge in [0, 0.05) is 39.6 Å². The lowest BCUT2D eigenvalue weighted by atomic mass is 9.53. The highest BCUT2D eigenvalue weighted by molar-refractivity contribution is 14.1. The minimum atomic E-state index is -0.734. The van der Waals surface area contributed by atoms with Gasteiger partial charge in [0.05, 0.1) is 23.1 Å². The van der Waals surface area contributed by atoms with Crippen LogP contribution in [0.2, 0.25) is 10.0 Å². The highest BCUT2D eigenvalue weighted by Crippen LogP contribution is 2.57. The Balaban J connectivity index is 1.73. The molecule has 1 heterocycles. The molecule has 1 fully saturated rings. The minimum Gasteiger partial charge on any atom is -0.469 e. The normalized spacial score (nSPS) is 24.4. The first kappa shape index (κ1) is 30.2. The van der Waals surface area contributed by atoms with Crippen LogP contribution >= 0.6 is 45.8 Å². The van der Waals surface area contributed by atoms with E-state index in [-0.39, 0.29) is 23.7 Å². The first-order chi connectivity index (χ1) is 18.4. The maximum absolute atomic E-state index is 14.2. The quantitative estimate of drug-likeness (QED) is 0.138. The molecule has 1 saturated carbocycles. The van der Waals surface area contributed by atoms with E-state index < -0.39 is 10.8 Å². The number of halogens is 3. The Morgan fingerprint density at radius 1 is 1.21 bits per heavy atom. The number of nitrogens with zero attached hydrogens (tertiary/aromatic N) is 1. The number of benzene rings is 2. The molecule has 0 unspecified atom stereocenters. The van der Waals surface area contributed by atoms with Crippen LogP contribution in [0.1, 0.15) is 92.8 Å². The molecule has 0 aromatic heterocycles. The van der Waals surface area contributed by atoms with Crippen molar-refractivity contribution in [2.24, 2.45) is 11.3 Å². The number of carbonyl (C=O) groups excluding carboxylic acids is 2. The van der Waals surface area contributed by atoms with E-state index >= 15 is 0 Å². The van der Waals surface area contributed by atoms with E-state index in [1.165, 1.54) is 10.7 Å². The summed E-state index contributed by atoms with van der Waals surface area (Å²) >= 11 is 16.1. The summed E-state index contributed by atoms with van der Waals surface area (Å²) in [4.78, 5) is 29.4. The van der Waals surface area contributed by atoms with Gasteiger partial charge in [-0.25, -0.2) is 0 Å². The Morgan fingerprint density at radius 3 is 2.54 bits per heavy atom. The van der Waals surface area contributed by atoms with Crippen LogP contribution in [0, 0.1) is 26.7 Å². The Bertz CT molecular complexity index is 1330. The van der Waals surface area contributed by atoms with Crippen molar-refractivity contribution < 1.29 is 14.3 Å². The van der Waals surface area contributed by atoms with Crippen molar-refractivity contribution in [2.75, 3.05) is 20.2 Å². The largest absolute Gasteiger partial charge is 0.469 e. The highest BCUT2D eigenvalue weighted by atomic mass is 127.